The fraction of sp³-hybridized carbons (Fsp3) is 0.400. The summed E-state index contributed by atoms with van der Waals surface area (Å²) in [5.41, 5.74) is 0.787. The summed E-state index contributed by atoms with van der Waals surface area (Å²) in [6.07, 6.45) is 4.81. The Bertz CT molecular complexity index is 589. The molecule has 0 saturated heterocycles. The van der Waals surface area contributed by atoms with Crippen LogP contribution < -0.4 is 4.74 Å². The van der Waals surface area contributed by atoms with Crippen LogP contribution in [0.15, 0.2) is 30.3 Å². The number of hydrogen-bond donors (Lipinski definition) is 1. The van der Waals surface area contributed by atoms with Gasteiger partial charge in [0.2, 0.25) is 0 Å². The summed E-state index contributed by atoms with van der Waals surface area (Å²) in [6, 6.07) is 7.20. The first-order valence-corrected chi connectivity index (χ1v) is 8.54. The van der Waals surface area contributed by atoms with Crippen LogP contribution in [0.3, 0.4) is 0 Å². The minimum atomic E-state index is -4.12. The van der Waals surface area contributed by atoms with E-state index in [1.807, 2.05) is 0 Å². The van der Waals surface area contributed by atoms with Gasteiger partial charge in [-0.3, -0.25) is 4.55 Å². The normalized spacial score (nSPS) is 11.5. The molecule has 0 aliphatic carbocycles. The molecule has 7 heteroatoms. The predicted molar refractivity (Wildman–Crippen MR) is 83.3 cm³/mol. The second-order valence-electron chi connectivity index (χ2n) is 4.56. The van der Waals surface area contributed by atoms with Crippen molar-refractivity contribution in [2.75, 3.05) is 19.0 Å². The third-order valence-corrected chi connectivity index (χ3v) is 3.33. The maximum atomic E-state index is 11.3. The van der Waals surface area contributed by atoms with Crippen molar-refractivity contribution in [3.63, 3.8) is 0 Å². The average molecular weight is 328 g/mol. The third-order valence-electron chi connectivity index (χ3n) is 2.64. The zero-order valence-electron chi connectivity index (χ0n) is 12.4. The topological polar surface area (TPSA) is 89.9 Å². The van der Waals surface area contributed by atoms with Gasteiger partial charge in [0, 0.05) is 6.08 Å². The number of rotatable bonds is 9. The minimum Gasteiger partial charge on any atom is -0.494 e. The Balaban J connectivity index is 2.40. The Morgan fingerprint density at radius 2 is 1.91 bits per heavy atom. The van der Waals surface area contributed by atoms with Crippen molar-refractivity contribution in [3.8, 4) is 5.75 Å². The molecule has 0 aliphatic heterocycles. The average Bonchev–Trinajstić information content (AvgIpc) is 2.45. The maximum Gasteiger partial charge on any atom is 0.330 e. The van der Waals surface area contributed by atoms with Gasteiger partial charge in [-0.05, 0) is 30.2 Å². The lowest BCUT2D eigenvalue weighted by Crippen LogP contribution is -2.13. The van der Waals surface area contributed by atoms with Crippen LogP contribution >= 0.6 is 0 Å². The molecule has 6 nitrogen and oxygen atoms in total. The molecular weight excluding hydrogens is 308 g/mol. The molecule has 22 heavy (non-hydrogen) atoms. The Kier molecular flexibility index (Phi) is 7.62. The van der Waals surface area contributed by atoms with Crippen LogP contribution in [0.1, 0.15) is 25.3 Å². The number of carbonyl (C=O) groups excluding carboxylic acids is 1. The van der Waals surface area contributed by atoms with Gasteiger partial charge < -0.3 is 9.47 Å². The van der Waals surface area contributed by atoms with Gasteiger partial charge in [-0.25, -0.2) is 4.79 Å². The summed E-state index contributed by atoms with van der Waals surface area (Å²) in [5, 5.41) is 0. The maximum absolute atomic E-state index is 11.3. The number of esters is 1. The highest BCUT2D eigenvalue weighted by Gasteiger charge is 2.05. The third kappa shape index (κ3) is 8.43. The Hall–Kier alpha value is -1.86. The number of ether oxygens (including phenoxy) is 2. The molecular formula is C15H20O6S. The molecule has 1 aromatic carbocycles. The summed E-state index contributed by atoms with van der Waals surface area (Å²) < 4.78 is 39.6. The van der Waals surface area contributed by atoms with Gasteiger partial charge in [-0.1, -0.05) is 25.5 Å². The van der Waals surface area contributed by atoms with Crippen molar-refractivity contribution in [3.05, 3.63) is 35.9 Å². The van der Waals surface area contributed by atoms with E-state index in [0.29, 0.717) is 6.61 Å². The van der Waals surface area contributed by atoms with Gasteiger partial charge in [0.05, 0.1) is 6.61 Å². The van der Waals surface area contributed by atoms with Gasteiger partial charge in [0.1, 0.15) is 18.1 Å². The van der Waals surface area contributed by atoms with E-state index in [-0.39, 0.29) is 6.61 Å². The molecule has 0 radical (unpaired) electrons. The van der Waals surface area contributed by atoms with E-state index in [4.69, 9.17) is 9.29 Å². The van der Waals surface area contributed by atoms with Crippen molar-refractivity contribution in [2.24, 2.45) is 0 Å². The van der Waals surface area contributed by atoms with Crippen LogP contribution in [-0.2, 0) is 19.6 Å². The summed E-state index contributed by atoms with van der Waals surface area (Å²) in [7, 11) is -4.12. The van der Waals surface area contributed by atoms with Gasteiger partial charge in [0.25, 0.3) is 10.1 Å². The largest absolute Gasteiger partial charge is 0.494 e. The molecule has 0 amide bonds. The Morgan fingerprint density at radius 1 is 1.23 bits per heavy atom. The van der Waals surface area contributed by atoms with Crippen LogP contribution in [0.4, 0.5) is 0 Å². The molecule has 122 valence electrons. The fourth-order valence-electron chi connectivity index (χ4n) is 1.47. The SMILES string of the molecule is CCCCOc1ccc(/C=C/C(=O)OCCS(=O)(=O)O)cc1. The van der Waals surface area contributed by atoms with E-state index in [1.165, 1.54) is 6.08 Å². The molecule has 0 heterocycles. The first kappa shape index (κ1) is 18.2. The molecule has 0 atom stereocenters. The van der Waals surface area contributed by atoms with Crippen LogP contribution in [0, 0.1) is 0 Å². The zero-order chi connectivity index (χ0) is 16.4. The fourth-order valence-corrected chi connectivity index (χ4v) is 1.76. The minimum absolute atomic E-state index is 0.383. The second-order valence-corrected chi connectivity index (χ2v) is 6.13. The van der Waals surface area contributed by atoms with Gasteiger partial charge in [-0.2, -0.15) is 8.42 Å². The molecule has 0 unspecified atom stereocenters. The van der Waals surface area contributed by atoms with E-state index < -0.39 is 21.8 Å². The first-order chi connectivity index (χ1) is 10.4. The van der Waals surface area contributed by atoms with Crippen molar-refractivity contribution >= 4 is 22.2 Å². The summed E-state index contributed by atoms with van der Waals surface area (Å²) in [5.74, 6) is -0.524. The van der Waals surface area contributed by atoms with Crippen LogP contribution in [0.2, 0.25) is 0 Å². The van der Waals surface area contributed by atoms with Crippen molar-refractivity contribution in [2.45, 2.75) is 19.8 Å². The van der Waals surface area contributed by atoms with Gasteiger partial charge in [-0.15, -0.1) is 0 Å². The standard InChI is InChI=1S/C15H20O6S/c1-2-3-10-20-14-7-4-13(5-8-14)6-9-15(16)21-11-12-22(17,18)19/h4-9H,2-3,10-12H2,1H3,(H,17,18,19)/b9-6+. The van der Waals surface area contributed by atoms with Crippen molar-refractivity contribution in [1.29, 1.82) is 0 Å². The highest BCUT2D eigenvalue weighted by molar-refractivity contribution is 7.85. The second kappa shape index (κ2) is 9.22. The molecule has 1 rings (SSSR count). The molecule has 0 aromatic heterocycles. The summed E-state index contributed by atoms with van der Waals surface area (Å²) in [4.78, 5) is 11.3. The molecule has 1 N–H and O–H groups in total. The Labute approximate surface area is 130 Å². The summed E-state index contributed by atoms with van der Waals surface area (Å²) >= 11 is 0. The first-order valence-electron chi connectivity index (χ1n) is 6.93. The molecule has 1 aromatic rings. The molecule has 0 spiro atoms. The molecule has 0 bridgehead atoms. The van der Waals surface area contributed by atoms with E-state index in [2.05, 4.69) is 11.7 Å². The molecule has 0 aliphatic rings. The van der Waals surface area contributed by atoms with Crippen LogP contribution in [-0.4, -0.2) is 37.9 Å². The summed E-state index contributed by atoms with van der Waals surface area (Å²) in [6.45, 7) is 2.38. The smallest absolute Gasteiger partial charge is 0.330 e. The van der Waals surface area contributed by atoms with Crippen LogP contribution in [0.5, 0.6) is 5.75 Å². The van der Waals surface area contributed by atoms with E-state index in [9.17, 15) is 13.2 Å². The highest BCUT2D eigenvalue weighted by atomic mass is 32.2. The zero-order valence-corrected chi connectivity index (χ0v) is 13.2. The van der Waals surface area contributed by atoms with Crippen molar-refractivity contribution in [1.82, 2.24) is 0 Å². The van der Waals surface area contributed by atoms with Gasteiger partial charge in [0.15, 0.2) is 0 Å². The predicted octanol–water partition coefficient (Wildman–Crippen LogP) is 2.31. The van der Waals surface area contributed by atoms with E-state index >= 15 is 0 Å². The number of unbranched alkanes of at least 4 members (excludes halogenated alkanes) is 1. The monoisotopic (exact) mass is 328 g/mol. The lowest BCUT2D eigenvalue weighted by molar-refractivity contribution is -0.137. The van der Waals surface area contributed by atoms with Gasteiger partial charge >= 0.3 is 5.97 Å². The van der Waals surface area contributed by atoms with E-state index in [1.54, 1.807) is 30.3 Å². The number of hydrogen-bond acceptors (Lipinski definition) is 5. The van der Waals surface area contributed by atoms with Crippen LogP contribution in [0.25, 0.3) is 6.08 Å². The number of carbonyl (C=O) groups is 1. The quantitative estimate of drug-likeness (QED) is 0.324. The highest BCUT2D eigenvalue weighted by Crippen LogP contribution is 2.13. The van der Waals surface area contributed by atoms with E-state index in [0.717, 1.165) is 24.2 Å². The molecule has 0 saturated carbocycles. The molecule has 0 fully saturated rings. The van der Waals surface area contributed by atoms with Crippen molar-refractivity contribution < 1.29 is 27.2 Å². The lowest BCUT2D eigenvalue weighted by Gasteiger charge is -2.05. The lowest BCUT2D eigenvalue weighted by atomic mass is 10.2. The number of benzene rings is 1. The Morgan fingerprint density at radius 3 is 2.50 bits per heavy atom.